The fraction of sp³-hybridized carbons (Fsp3) is 0.368. The van der Waals surface area contributed by atoms with Crippen LogP contribution in [-0.4, -0.2) is 52.9 Å². The van der Waals surface area contributed by atoms with Gasteiger partial charge in [-0.2, -0.15) is 0 Å². The van der Waals surface area contributed by atoms with E-state index in [9.17, 15) is 9.59 Å². The highest BCUT2D eigenvalue weighted by Crippen LogP contribution is 2.17. The largest absolute Gasteiger partial charge is 0.339 e. The lowest BCUT2D eigenvalue weighted by molar-refractivity contribution is -0.129. The third kappa shape index (κ3) is 3.99. The molecule has 1 saturated heterocycles. The van der Waals surface area contributed by atoms with E-state index in [1.165, 1.54) is 0 Å². The fourth-order valence-corrected chi connectivity index (χ4v) is 2.93. The van der Waals surface area contributed by atoms with Gasteiger partial charge in [-0.3, -0.25) is 9.59 Å². The number of piperazine rings is 1. The Bertz CT molecular complexity index is 828. The average Bonchev–Trinajstić information content (AvgIpc) is 2.63. The van der Waals surface area contributed by atoms with Gasteiger partial charge >= 0.3 is 0 Å². The maximum absolute atomic E-state index is 12.6. The first-order valence-electron chi connectivity index (χ1n) is 8.67. The summed E-state index contributed by atoms with van der Waals surface area (Å²) in [5.74, 6) is 0.352. The molecule has 0 aliphatic carbocycles. The second kappa shape index (κ2) is 7.51. The molecule has 1 aliphatic heterocycles. The molecule has 26 heavy (non-hydrogen) atoms. The Labute approximate surface area is 153 Å². The number of nitrogens with one attached hydrogen (secondary N) is 1. The molecule has 3 rings (SSSR count). The molecule has 1 aliphatic rings. The Morgan fingerprint density at radius 3 is 2.38 bits per heavy atom. The highest BCUT2D eigenvalue weighted by molar-refractivity contribution is 6.03. The van der Waals surface area contributed by atoms with Crippen LogP contribution in [0, 0.1) is 13.8 Å². The molecule has 0 unspecified atom stereocenters. The first kappa shape index (κ1) is 17.8. The summed E-state index contributed by atoms with van der Waals surface area (Å²) in [6.07, 6.45) is 0. The summed E-state index contributed by atoms with van der Waals surface area (Å²) >= 11 is 0. The molecule has 2 aromatic rings. The van der Waals surface area contributed by atoms with Gasteiger partial charge < -0.3 is 15.1 Å². The van der Waals surface area contributed by atoms with Crippen molar-refractivity contribution in [3.8, 4) is 0 Å². The summed E-state index contributed by atoms with van der Waals surface area (Å²) < 4.78 is 0. The number of carbonyl (C=O) groups is 2. The summed E-state index contributed by atoms with van der Waals surface area (Å²) in [5.41, 5.74) is 2.83. The maximum Gasteiger partial charge on any atom is 0.274 e. The Kier molecular flexibility index (Phi) is 5.16. The number of anilines is 2. The van der Waals surface area contributed by atoms with Crippen LogP contribution >= 0.6 is 0 Å². The number of benzene rings is 1. The van der Waals surface area contributed by atoms with Gasteiger partial charge in [0.15, 0.2) is 0 Å². The topological polar surface area (TPSA) is 78.4 Å². The molecule has 1 aromatic carbocycles. The molecule has 0 bridgehead atoms. The van der Waals surface area contributed by atoms with E-state index in [1.807, 2.05) is 43.0 Å². The molecule has 136 valence electrons. The molecule has 2 heterocycles. The second-order valence-corrected chi connectivity index (χ2v) is 6.46. The van der Waals surface area contributed by atoms with Crippen molar-refractivity contribution in [3.05, 3.63) is 47.3 Å². The lowest BCUT2D eigenvalue weighted by Gasteiger charge is -2.34. The van der Waals surface area contributed by atoms with Gasteiger partial charge in [-0.05, 0) is 31.5 Å². The SMILES string of the molecule is CC(=O)N1CCN(c2nc(C)cc(C(=O)Nc3ccccc3C)n2)CC1. The zero-order valence-electron chi connectivity index (χ0n) is 15.3. The fourth-order valence-electron chi connectivity index (χ4n) is 2.93. The van der Waals surface area contributed by atoms with E-state index in [2.05, 4.69) is 15.3 Å². The highest BCUT2D eigenvalue weighted by Gasteiger charge is 2.22. The number of aryl methyl sites for hydroxylation is 2. The molecule has 0 atom stereocenters. The Morgan fingerprint density at radius 2 is 1.73 bits per heavy atom. The standard InChI is InChI=1S/C19H23N5O2/c1-13-6-4-5-7-16(13)21-18(26)17-12-14(2)20-19(22-17)24-10-8-23(9-11-24)15(3)25/h4-7,12H,8-11H2,1-3H3,(H,21,26). The zero-order valence-corrected chi connectivity index (χ0v) is 15.3. The summed E-state index contributed by atoms with van der Waals surface area (Å²) in [7, 11) is 0. The van der Waals surface area contributed by atoms with Crippen molar-refractivity contribution in [2.75, 3.05) is 36.4 Å². The molecule has 0 radical (unpaired) electrons. The minimum absolute atomic E-state index is 0.0770. The van der Waals surface area contributed by atoms with E-state index in [1.54, 1.807) is 17.9 Å². The van der Waals surface area contributed by atoms with Gasteiger partial charge in [0.2, 0.25) is 11.9 Å². The van der Waals surface area contributed by atoms with E-state index in [0.717, 1.165) is 16.9 Å². The smallest absolute Gasteiger partial charge is 0.274 e. The third-order valence-corrected chi connectivity index (χ3v) is 4.48. The van der Waals surface area contributed by atoms with Gasteiger partial charge in [-0.25, -0.2) is 9.97 Å². The third-order valence-electron chi connectivity index (χ3n) is 4.48. The van der Waals surface area contributed by atoms with Gasteiger partial charge in [0.1, 0.15) is 5.69 Å². The summed E-state index contributed by atoms with van der Waals surface area (Å²) in [6, 6.07) is 9.30. The minimum atomic E-state index is -0.256. The first-order chi connectivity index (χ1) is 12.4. The number of amides is 2. The van der Waals surface area contributed by atoms with E-state index >= 15 is 0 Å². The number of hydrogen-bond acceptors (Lipinski definition) is 5. The molecule has 7 heteroatoms. The predicted molar refractivity (Wildman–Crippen MR) is 100 cm³/mol. The van der Waals surface area contributed by atoms with Crippen LogP contribution in [0.2, 0.25) is 0 Å². The van der Waals surface area contributed by atoms with E-state index in [0.29, 0.717) is 37.8 Å². The van der Waals surface area contributed by atoms with Crippen molar-refractivity contribution in [2.45, 2.75) is 20.8 Å². The van der Waals surface area contributed by atoms with E-state index < -0.39 is 0 Å². The highest BCUT2D eigenvalue weighted by atomic mass is 16.2. The molecule has 1 fully saturated rings. The maximum atomic E-state index is 12.6. The molecule has 1 aromatic heterocycles. The number of rotatable bonds is 3. The Morgan fingerprint density at radius 1 is 1.04 bits per heavy atom. The van der Waals surface area contributed by atoms with Crippen molar-refractivity contribution < 1.29 is 9.59 Å². The van der Waals surface area contributed by atoms with Gasteiger partial charge in [-0.1, -0.05) is 18.2 Å². The van der Waals surface area contributed by atoms with Crippen LogP contribution in [0.15, 0.2) is 30.3 Å². The van der Waals surface area contributed by atoms with Crippen LogP contribution in [0.4, 0.5) is 11.6 Å². The van der Waals surface area contributed by atoms with Gasteiger partial charge in [0, 0.05) is 44.5 Å². The van der Waals surface area contributed by atoms with Crippen molar-refractivity contribution in [2.24, 2.45) is 0 Å². The van der Waals surface area contributed by atoms with Gasteiger partial charge in [0.25, 0.3) is 5.91 Å². The Balaban J connectivity index is 1.76. The molecule has 2 amide bonds. The molecule has 7 nitrogen and oxygen atoms in total. The van der Waals surface area contributed by atoms with Crippen LogP contribution in [0.5, 0.6) is 0 Å². The average molecular weight is 353 g/mol. The van der Waals surface area contributed by atoms with Crippen LogP contribution < -0.4 is 10.2 Å². The van der Waals surface area contributed by atoms with Gasteiger partial charge in [0.05, 0.1) is 0 Å². The number of aromatic nitrogens is 2. The monoisotopic (exact) mass is 353 g/mol. The molecule has 0 saturated carbocycles. The second-order valence-electron chi connectivity index (χ2n) is 6.46. The number of para-hydroxylation sites is 1. The summed E-state index contributed by atoms with van der Waals surface area (Å²) in [5, 5.41) is 2.91. The van der Waals surface area contributed by atoms with Crippen LogP contribution in [-0.2, 0) is 4.79 Å². The molecular formula is C19H23N5O2. The number of hydrogen-bond donors (Lipinski definition) is 1. The Hall–Kier alpha value is -2.96. The van der Waals surface area contributed by atoms with Crippen molar-refractivity contribution in [1.29, 1.82) is 0 Å². The quantitative estimate of drug-likeness (QED) is 0.913. The molecule has 0 spiro atoms. The molecular weight excluding hydrogens is 330 g/mol. The van der Waals surface area contributed by atoms with Crippen molar-refractivity contribution >= 4 is 23.5 Å². The van der Waals surface area contributed by atoms with Gasteiger partial charge in [-0.15, -0.1) is 0 Å². The van der Waals surface area contributed by atoms with Crippen molar-refractivity contribution in [3.63, 3.8) is 0 Å². The number of nitrogens with zero attached hydrogens (tertiary/aromatic N) is 4. The van der Waals surface area contributed by atoms with Crippen molar-refractivity contribution in [1.82, 2.24) is 14.9 Å². The van der Waals surface area contributed by atoms with E-state index in [4.69, 9.17) is 0 Å². The molecule has 1 N–H and O–H groups in total. The first-order valence-corrected chi connectivity index (χ1v) is 8.67. The number of carbonyl (C=O) groups excluding carboxylic acids is 2. The lowest BCUT2D eigenvalue weighted by Crippen LogP contribution is -2.48. The summed E-state index contributed by atoms with van der Waals surface area (Å²) in [4.78, 5) is 36.8. The lowest BCUT2D eigenvalue weighted by atomic mass is 10.2. The summed E-state index contributed by atoms with van der Waals surface area (Å²) in [6.45, 7) is 7.95. The predicted octanol–water partition coefficient (Wildman–Crippen LogP) is 2.01. The zero-order chi connectivity index (χ0) is 18.7. The van der Waals surface area contributed by atoms with Crippen LogP contribution in [0.1, 0.15) is 28.7 Å². The van der Waals surface area contributed by atoms with E-state index in [-0.39, 0.29) is 11.8 Å². The van der Waals surface area contributed by atoms with Crippen LogP contribution in [0.25, 0.3) is 0 Å². The normalized spacial score (nSPS) is 14.3. The van der Waals surface area contributed by atoms with Crippen LogP contribution in [0.3, 0.4) is 0 Å². The minimum Gasteiger partial charge on any atom is -0.339 e.